The van der Waals surface area contributed by atoms with Crippen molar-refractivity contribution in [3.63, 3.8) is 0 Å². The Bertz CT molecular complexity index is 1070. The number of methoxy groups -OCH3 is 1. The van der Waals surface area contributed by atoms with Crippen LogP contribution in [0.2, 0.25) is 0 Å². The Morgan fingerprint density at radius 1 is 1.20 bits per heavy atom. The van der Waals surface area contributed by atoms with Gasteiger partial charge in [-0.15, -0.1) is 0 Å². The molecular formula is C23H26N4O3. The zero-order chi connectivity index (χ0) is 20.5. The molecule has 1 fully saturated rings. The zero-order valence-corrected chi connectivity index (χ0v) is 17.1. The summed E-state index contributed by atoms with van der Waals surface area (Å²) in [4.78, 5) is 19.7. The molecule has 0 radical (unpaired) electrons. The van der Waals surface area contributed by atoms with Crippen molar-refractivity contribution >= 4 is 28.3 Å². The fourth-order valence-corrected chi connectivity index (χ4v) is 4.37. The van der Waals surface area contributed by atoms with Crippen molar-refractivity contribution < 1.29 is 14.3 Å². The van der Waals surface area contributed by atoms with Gasteiger partial charge in [-0.2, -0.15) is 0 Å². The first-order valence-corrected chi connectivity index (χ1v) is 10.5. The number of nitrogens with zero attached hydrogens (tertiary/aromatic N) is 3. The SMILES string of the molecule is COc1ccc(N2CCCn3c(nc4ccccc43)C2)cc1NC(=O)[C@@H]1CCCO1. The minimum Gasteiger partial charge on any atom is -0.495 e. The van der Waals surface area contributed by atoms with Crippen molar-refractivity contribution in [1.82, 2.24) is 9.55 Å². The fourth-order valence-electron chi connectivity index (χ4n) is 4.37. The van der Waals surface area contributed by atoms with E-state index >= 15 is 0 Å². The molecule has 7 heteroatoms. The first-order valence-electron chi connectivity index (χ1n) is 10.5. The second kappa shape index (κ2) is 7.99. The number of rotatable bonds is 4. The van der Waals surface area contributed by atoms with Gasteiger partial charge in [0.05, 0.1) is 30.4 Å². The Balaban J connectivity index is 1.42. The number of hydrogen-bond acceptors (Lipinski definition) is 5. The number of carbonyl (C=O) groups is 1. The van der Waals surface area contributed by atoms with E-state index in [1.54, 1.807) is 7.11 Å². The van der Waals surface area contributed by atoms with Crippen LogP contribution in [0.15, 0.2) is 42.5 Å². The summed E-state index contributed by atoms with van der Waals surface area (Å²) in [5.74, 6) is 1.60. The molecule has 2 aliphatic rings. The second-order valence-electron chi connectivity index (χ2n) is 7.82. The van der Waals surface area contributed by atoms with Crippen LogP contribution in [-0.4, -0.2) is 41.8 Å². The number of aryl methyl sites for hydroxylation is 1. The van der Waals surface area contributed by atoms with Crippen LogP contribution in [0.3, 0.4) is 0 Å². The van der Waals surface area contributed by atoms with E-state index in [1.807, 2.05) is 24.3 Å². The highest BCUT2D eigenvalue weighted by atomic mass is 16.5. The molecule has 0 bridgehead atoms. The highest BCUT2D eigenvalue weighted by Gasteiger charge is 2.25. The Hall–Kier alpha value is -3.06. The van der Waals surface area contributed by atoms with Crippen molar-refractivity contribution in [3.8, 4) is 5.75 Å². The summed E-state index contributed by atoms with van der Waals surface area (Å²) >= 11 is 0. The molecule has 0 unspecified atom stereocenters. The van der Waals surface area contributed by atoms with Gasteiger partial charge >= 0.3 is 0 Å². The average Bonchev–Trinajstić information content (AvgIpc) is 3.37. The molecule has 30 heavy (non-hydrogen) atoms. The van der Waals surface area contributed by atoms with Gasteiger partial charge in [-0.1, -0.05) is 12.1 Å². The van der Waals surface area contributed by atoms with Crippen LogP contribution in [0.1, 0.15) is 25.1 Å². The quantitative estimate of drug-likeness (QED) is 0.717. The molecule has 1 atom stereocenters. The third-order valence-corrected chi connectivity index (χ3v) is 5.90. The molecule has 1 saturated heterocycles. The van der Waals surface area contributed by atoms with Gasteiger partial charge in [0.2, 0.25) is 0 Å². The zero-order valence-electron chi connectivity index (χ0n) is 17.1. The number of aromatic nitrogens is 2. The van der Waals surface area contributed by atoms with E-state index < -0.39 is 0 Å². The lowest BCUT2D eigenvalue weighted by atomic mass is 10.2. The second-order valence-corrected chi connectivity index (χ2v) is 7.82. The van der Waals surface area contributed by atoms with E-state index in [1.165, 1.54) is 5.52 Å². The van der Waals surface area contributed by atoms with E-state index in [-0.39, 0.29) is 12.0 Å². The maximum Gasteiger partial charge on any atom is 0.253 e. The van der Waals surface area contributed by atoms with Crippen LogP contribution in [0.5, 0.6) is 5.75 Å². The van der Waals surface area contributed by atoms with Crippen LogP contribution in [0.4, 0.5) is 11.4 Å². The minimum absolute atomic E-state index is 0.111. The number of imidazole rings is 1. The van der Waals surface area contributed by atoms with Crippen molar-refractivity contribution in [2.24, 2.45) is 0 Å². The molecule has 3 aromatic rings. The third kappa shape index (κ3) is 3.50. The van der Waals surface area contributed by atoms with Gasteiger partial charge in [0, 0.05) is 25.4 Å². The Morgan fingerprint density at radius 2 is 2.10 bits per heavy atom. The summed E-state index contributed by atoms with van der Waals surface area (Å²) in [5, 5.41) is 3.00. The Labute approximate surface area is 175 Å². The molecule has 3 heterocycles. The van der Waals surface area contributed by atoms with E-state index in [2.05, 4.69) is 33.0 Å². The number of carbonyl (C=O) groups excluding carboxylic acids is 1. The lowest BCUT2D eigenvalue weighted by molar-refractivity contribution is -0.124. The van der Waals surface area contributed by atoms with Crippen LogP contribution in [-0.2, 0) is 22.6 Å². The number of hydrogen-bond donors (Lipinski definition) is 1. The molecule has 0 spiro atoms. The average molecular weight is 406 g/mol. The van der Waals surface area contributed by atoms with Crippen molar-refractivity contribution in [2.45, 2.75) is 38.5 Å². The number of anilines is 2. The van der Waals surface area contributed by atoms with Gasteiger partial charge < -0.3 is 24.3 Å². The van der Waals surface area contributed by atoms with Gasteiger partial charge in [0.1, 0.15) is 17.7 Å². The molecule has 0 aliphatic carbocycles. The van der Waals surface area contributed by atoms with Gasteiger partial charge in [0.25, 0.3) is 5.91 Å². The van der Waals surface area contributed by atoms with Gasteiger partial charge in [-0.25, -0.2) is 4.98 Å². The van der Waals surface area contributed by atoms with E-state index in [4.69, 9.17) is 14.5 Å². The Kier molecular flexibility index (Phi) is 5.04. The molecule has 1 amide bonds. The van der Waals surface area contributed by atoms with Crippen LogP contribution in [0, 0.1) is 0 Å². The molecule has 2 aromatic carbocycles. The van der Waals surface area contributed by atoms with E-state index in [0.29, 0.717) is 18.0 Å². The number of para-hydroxylation sites is 2. The summed E-state index contributed by atoms with van der Waals surface area (Å²) in [7, 11) is 1.62. The third-order valence-electron chi connectivity index (χ3n) is 5.90. The molecule has 2 aliphatic heterocycles. The topological polar surface area (TPSA) is 68.6 Å². The molecule has 0 saturated carbocycles. The summed E-state index contributed by atoms with van der Waals surface area (Å²) in [6.07, 6.45) is 2.33. The molecule has 1 aromatic heterocycles. The lowest BCUT2D eigenvalue weighted by Gasteiger charge is -2.23. The first kappa shape index (κ1) is 18.9. The summed E-state index contributed by atoms with van der Waals surface area (Å²) in [5.41, 5.74) is 3.94. The first-order chi connectivity index (χ1) is 14.7. The highest BCUT2D eigenvalue weighted by Crippen LogP contribution is 2.32. The smallest absolute Gasteiger partial charge is 0.253 e. The standard InChI is InChI=1S/C23H26N4O3/c1-29-20-10-9-16(14-18(20)25-23(28)21-8-4-13-30-21)26-11-5-12-27-19-7-3-2-6-17(19)24-22(27)15-26/h2-3,6-7,9-10,14,21H,4-5,8,11-13,15H2,1H3,(H,25,28)/t21-/m0/s1. The number of nitrogens with one attached hydrogen (secondary N) is 1. The van der Waals surface area contributed by atoms with Crippen molar-refractivity contribution in [2.75, 3.05) is 30.5 Å². The maximum atomic E-state index is 12.6. The molecule has 5 rings (SSSR count). The predicted octanol–water partition coefficient (Wildman–Crippen LogP) is 3.57. The molecule has 156 valence electrons. The van der Waals surface area contributed by atoms with E-state index in [0.717, 1.165) is 55.9 Å². The van der Waals surface area contributed by atoms with Crippen LogP contribution < -0.4 is 15.0 Å². The fraction of sp³-hybridized carbons (Fsp3) is 0.391. The highest BCUT2D eigenvalue weighted by molar-refractivity contribution is 5.96. The number of fused-ring (bicyclic) bond motifs is 3. The molecular weight excluding hydrogens is 380 g/mol. The largest absolute Gasteiger partial charge is 0.495 e. The summed E-state index contributed by atoms with van der Waals surface area (Å²) in [6.45, 7) is 3.23. The van der Waals surface area contributed by atoms with Gasteiger partial charge in [-0.05, 0) is 49.6 Å². The normalized spacial score (nSPS) is 18.8. The number of ether oxygens (including phenoxy) is 2. The van der Waals surface area contributed by atoms with Gasteiger partial charge in [-0.3, -0.25) is 4.79 Å². The van der Waals surface area contributed by atoms with Gasteiger partial charge in [0.15, 0.2) is 0 Å². The molecule has 1 N–H and O–H groups in total. The number of amides is 1. The summed E-state index contributed by atoms with van der Waals surface area (Å²) < 4.78 is 13.3. The van der Waals surface area contributed by atoms with Crippen LogP contribution >= 0.6 is 0 Å². The predicted molar refractivity (Wildman–Crippen MR) is 116 cm³/mol. The lowest BCUT2D eigenvalue weighted by Crippen LogP contribution is -2.27. The molecule has 7 nitrogen and oxygen atoms in total. The number of benzene rings is 2. The van der Waals surface area contributed by atoms with E-state index in [9.17, 15) is 4.79 Å². The van der Waals surface area contributed by atoms with Crippen LogP contribution in [0.25, 0.3) is 11.0 Å². The Morgan fingerprint density at radius 3 is 2.93 bits per heavy atom. The minimum atomic E-state index is -0.378. The van der Waals surface area contributed by atoms with Crippen molar-refractivity contribution in [3.05, 3.63) is 48.3 Å². The summed E-state index contributed by atoms with van der Waals surface area (Å²) in [6, 6.07) is 14.2. The maximum absolute atomic E-state index is 12.6. The van der Waals surface area contributed by atoms with Crippen molar-refractivity contribution in [1.29, 1.82) is 0 Å². The monoisotopic (exact) mass is 406 g/mol.